The maximum absolute atomic E-state index is 6.24. The van der Waals surface area contributed by atoms with E-state index in [0.717, 1.165) is 30.7 Å². The normalized spacial score (nSPS) is 16.6. The molecule has 7 heteroatoms. The van der Waals surface area contributed by atoms with Crippen LogP contribution in [0.3, 0.4) is 0 Å². The lowest BCUT2D eigenvalue weighted by Crippen LogP contribution is -2.44. The summed E-state index contributed by atoms with van der Waals surface area (Å²) in [6, 6.07) is 3.66. The SMILES string of the molecule is NC1(c2ncc(-c3nc(-c4ccncc4)no3)[nH]2)CCC1. The Morgan fingerprint density at radius 2 is 2.05 bits per heavy atom. The predicted octanol–water partition coefficient (Wildman–Crippen LogP) is 1.86. The molecule has 0 amide bonds. The van der Waals surface area contributed by atoms with Crippen LogP contribution in [0.2, 0.25) is 0 Å². The number of imidazole rings is 1. The highest BCUT2D eigenvalue weighted by Crippen LogP contribution is 2.37. The van der Waals surface area contributed by atoms with E-state index in [1.165, 1.54) is 0 Å². The molecule has 1 aliphatic rings. The van der Waals surface area contributed by atoms with E-state index < -0.39 is 0 Å². The summed E-state index contributed by atoms with van der Waals surface area (Å²) in [7, 11) is 0. The van der Waals surface area contributed by atoms with Crippen LogP contribution in [0.1, 0.15) is 25.1 Å². The van der Waals surface area contributed by atoms with E-state index in [1.807, 2.05) is 12.1 Å². The van der Waals surface area contributed by atoms with E-state index in [9.17, 15) is 0 Å². The highest BCUT2D eigenvalue weighted by molar-refractivity contribution is 5.56. The van der Waals surface area contributed by atoms with Gasteiger partial charge < -0.3 is 15.2 Å². The van der Waals surface area contributed by atoms with Crippen molar-refractivity contribution in [1.29, 1.82) is 0 Å². The number of hydrogen-bond acceptors (Lipinski definition) is 6. The summed E-state index contributed by atoms with van der Waals surface area (Å²) in [6.07, 6.45) is 8.10. The fourth-order valence-electron chi connectivity index (χ4n) is 2.43. The molecular formula is C14H14N6O. The number of H-pyrrole nitrogens is 1. The molecule has 21 heavy (non-hydrogen) atoms. The Labute approximate surface area is 120 Å². The second-order valence-electron chi connectivity index (χ2n) is 5.31. The molecule has 0 unspecified atom stereocenters. The van der Waals surface area contributed by atoms with Gasteiger partial charge in [-0.25, -0.2) is 4.98 Å². The molecule has 3 aromatic rings. The third kappa shape index (κ3) is 2.02. The topological polar surface area (TPSA) is 107 Å². The minimum absolute atomic E-state index is 0.327. The van der Waals surface area contributed by atoms with E-state index in [4.69, 9.17) is 10.3 Å². The highest BCUT2D eigenvalue weighted by atomic mass is 16.5. The number of nitrogens with zero attached hydrogens (tertiary/aromatic N) is 4. The third-order valence-electron chi connectivity index (χ3n) is 3.89. The third-order valence-corrected chi connectivity index (χ3v) is 3.89. The minimum Gasteiger partial charge on any atom is -0.336 e. The van der Waals surface area contributed by atoms with Crippen molar-refractivity contribution < 1.29 is 4.52 Å². The molecule has 4 rings (SSSR count). The van der Waals surface area contributed by atoms with E-state index in [1.54, 1.807) is 18.6 Å². The van der Waals surface area contributed by atoms with Gasteiger partial charge in [-0.15, -0.1) is 0 Å². The zero-order valence-corrected chi connectivity index (χ0v) is 11.3. The summed E-state index contributed by atoms with van der Waals surface area (Å²) >= 11 is 0. The van der Waals surface area contributed by atoms with Gasteiger partial charge in [-0.2, -0.15) is 4.98 Å². The molecule has 3 N–H and O–H groups in total. The summed E-state index contributed by atoms with van der Waals surface area (Å²) in [5.74, 6) is 1.71. The first-order valence-corrected chi connectivity index (χ1v) is 6.83. The Hall–Kier alpha value is -2.54. The minimum atomic E-state index is -0.327. The van der Waals surface area contributed by atoms with E-state index in [-0.39, 0.29) is 5.54 Å². The maximum atomic E-state index is 6.24. The van der Waals surface area contributed by atoms with Gasteiger partial charge in [-0.05, 0) is 31.4 Å². The number of nitrogens with one attached hydrogen (secondary N) is 1. The van der Waals surface area contributed by atoms with Crippen molar-refractivity contribution in [2.75, 3.05) is 0 Å². The van der Waals surface area contributed by atoms with Crippen molar-refractivity contribution in [3.8, 4) is 23.0 Å². The molecule has 0 spiro atoms. The molecule has 3 heterocycles. The molecule has 7 nitrogen and oxygen atoms in total. The van der Waals surface area contributed by atoms with E-state index >= 15 is 0 Å². The first kappa shape index (κ1) is 12.2. The van der Waals surface area contributed by atoms with Crippen LogP contribution < -0.4 is 5.73 Å². The Morgan fingerprint density at radius 1 is 1.24 bits per heavy atom. The van der Waals surface area contributed by atoms with Crippen LogP contribution in [0.25, 0.3) is 23.0 Å². The van der Waals surface area contributed by atoms with Gasteiger partial charge in [0, 0.05) is 18.0 Å². The average molecular weight is 282 g/mol. The summed E-state index contributed by atoms with van der Waals surface area (Å²) < 4.78 is 5.29. The summed E-state index contributed by atoms with van der Waals surface area (Å²) in [4.78, 5) is 15.9. The molecule has 1 aliphatic carbocycles. The van der Waals surface area contributed by atoms with E-state index in [0.29, 0.717) is 17.4 Å². The number of pyridine rings is 1. The van der Waals surface area contributed by atoms with Crippen molar-refractivity contribution in [3.05, 3.63) is 36.5 Å². The molecule has 0 aliphatic heterocycles. The van der Waals surface area contributed by atoms with Crippen LogP contribution >= 0.6 is 0 Å². The van der Waals surface area contributed by atoms with Gasteiger partial charge in [0.25, 0.3) is 5.89 Å². The largest absolute Gasteiger partial charge is 0.336 e. The number of rotatable bonds is 3. The van der Waals surface area contributed by atoms with Gasteiger partial charge in [0.1, 0.15) is 11.5 Å². The second-order valence-corrected chi connectivity index (χ2v) is 5.31. The monoisotopic (exact) mass is 282 g/mol. The van der Waals surface area contributed by atoms with Crippen LogP contribution in [0.15, 0.2) is 35.2 Å². The summed E-state index contributed by atoms with van der Waals surface area (Å²) in [5, 5.41) is 3.98. The lowest BCUT2D eigenvalue weighted by Gasteiger charge is -2.35. The first-order valence-electron chi connectivity index (χ1n) is 6.83. The standard InChI is InChI=1S/C14H14N6O/c15-14(4-1-5-14)13-17-8-10(18-13)12-19-11(20-21-12)9-2-6-16-7-3-9/h2-3,6-8H,1,4-5,15H2,(H,17,18). The fourth-order valence-corrected chi connectivity index (χ4v) is 2.43. The molecule has 106 valence electrons. The second kappa shape index (κ2) is 4.49. The molecule has 0 atom stereocenters. The molecule has 0 saturated heterocycles. The number of nitrogens with two attached hydrogens (primary N) is 1. The van der Waals surface area contributed by atoms with Gasteiger partial charge >= 0.3 is 0 Å². The van der Waals surface area contributed by atoms with Crippen LogP contribution in [0.4, 0.5) is 0 Å². The molecule has 0 bridgehead atoms. The van der Waals surface area contributed by atoms with Crippen molar-refractivity contribution >= 4 is 0 Å². The Bertz CT molecular complexity index is 759. The van der Waals surface area contributed by atoms with Gasteiger partial charge in [0.05, 0.1) is 11.7 Å². The summed E-state index contributed by atoms with van der Waals surface area (Å²) in [6.45, 7) is 0. The molecular weight excluding hydrogens is 268 g/mol. The Kier molecular flexibility index (Phi) is 2.61. The van der Waals surface area contributed by atoms with Crippen molar-refractivity contribution in [2.24, 2.45) is 5.73 Å². The number of hydrogen-bond donors (Lipinski definition) is 2. The highest BCUT2D eigenvalue weighted by Gasteiger charge is 2.37. The van der Waals surface area contributed by atoms with Crippen molar-refractivity contribution in [2.45, 2.75) is 24.8 Å². The molecule has 3 aromatic heterocycles. The number of aromatic nitrogens is 5. The van der Waals surface area contributed by atoms with Crippen LogP contribution in [-0.4, -0.2) is 25.1 Å². The molecule has 1 fully saturated rings. The van der Waals surface area contributed by atoms with Gasteiger partial charge in [-0.1, -0.05) is 5.16 Å². The zero-order chi connectivity index (χ0) is 14.3. The fraction of sp³-hybridized carbons (Fsp3) is 0.286. The lowest BCUT2D eigenvalue weighted by molar-refractivity contribution is 0.240. The quantitative estimate of drug-likeness (QED) is 0.759. The van der Waals surface area contributed by atoms with Gasteiger partial charge in [-0.3, -0.25) is 4.98 Å². The van der Waals surface area contributed by atoms with Crippen LogP contribution in [-0.2, 0) is 5.54 Å². The Morgan fingerprint density at radius 3 is 2.76 bits per heavy atom. The molecule has 0 radical (unpaired) electrons. The predicted molar refractivity (Wildman–Crippen MR) is 74.8 cm³/mol. The number of aromatic amines is 1. The van der Waals surface area contributed by atoms with Crippen molar-refractivity contribution in [1.82, 2.24) is 25.1 Å². The maximum Gasteiger partial charge on any atom is 0.276 e. The smallest absolute Gasteiger partial charge is 0.276 e. The van der Waals surface area contributed by atoms with Crippen molar-refractivity contribution in [3.63, 3.8) is 0 Å². The zero-order valence-electron chi connectivity index (χ0n) is 11.3. The first-order chi connectivity index (χ1) is 10.2. The van der Waals surface area contributed by atoms with Gasteiger partial charge in [0.2, 0.25) is 5.82 Å². The molecule has 1 saturated carbocycles. The average Bonchev–Trinajstić information content (AvgIpc) is 3.14. The van der Waals surface area contributed by atoms with E-state index in [2.05, 4.69) is 25.1 Å². The molecule has 0 aromatic carbocycles. The van der Waals surface area contributed by atoms with Crippen LogP contribution in [0.5, 0.6) is 0 Å². The van der Waals surface area contributed by atoms with Gasteiger partial charge in [0.15, 0.2) is 0 Å². The lowest BCUT2D eigenvalue weighted by atomic mass is 9.77. The summed E-state index contributed by atoms with van der Waals surface area (Å²) in [5.41, 5.74) is 7.46. The Balaban J connectivity index is 1.64. The van der Waals surface area contributed by atoms with Crippen LogP contribution in [0, 0.1) is 0 Å².